The number of nitrogen functional groups attached to an aromatic ring is 1. The van der Waals surface area contributed by atoms with E-state index in [1.165, 1.54) is 6.20 Å². The third-order valence-corrected chi connectivity index (χ3v) is 7.49. The number of nitrogens with one attached hydrogen (secondary N) is 1. The van der Waals surface area contributed by atoms with Gasteiger partial charge in [-0.1, -0.05) is 0 Å². The molecule has 206 valence electrons. The molecule has 0 unspecified atom stereocenters. The Kier molecular flexibility index (Phi) is 6.10. The van der Waals surface area contributed by atoms with E-state index in [1.54, 1.807) is 9.80 Å². The fraction of sp³-hybridized carbons (Fsp3) is 0.480. The Morgan fingerprint density at radius 1 is 1.13 bits per heavy atom. The van der Waals surface area contributed by atoms with Crippen LogP contribution in [-0.4, -0.2) is 99.7 Å². The highest BCUT2D eigenvalue weighted by Crippen LogP contribution is 2.33. The van der Waals surface area contributed by atoms with Crippen LogP contribution in [0.15, 0.2) is 24.8 Å². The number of halogens is 2. The average molecular weight is 544 g/mol. The van der Waals surface area contributed by atoms with Gasteiger partial charge in [-0.3, -0.25) is 19.5 Å². The Morgan fingerprint density at radius 3 is 2.56 bits per heavy atom. The number of nitrogens with zero attached hydrogens (tertiary/aromatic N) is 7. The molecule has 0 spiro atoms. The van der Waals surface area contributed by atoms with Crippen LogP contribution in [0.1, 0.15) is 25.9 Å². The van der Waals surface area contributed by atoms with Gasteiger partial charge in [-0.25, -0.2) is 18.3 Å². The minimum atomic E-state index is -1.33. The van der Waals surface area contributed by atoms with E-state index in [0.717, 1.165) is 43.2 Å². The van der Waals surface area contributed by atoms with E-state index in [4.69, 9.17) is 13.2 Å². The molecule has 3 saturated heterocycles. The van der Waals surface area contributed by atoms with Gasteiger partial charge in [0.2, 0.25) is 5.91 Å². The Balaban J connectivity index is 1.15. The minimum Gasteiger partial charge on any atom is -0.381 e. The molecular weight excluding hydrogens is 512 g/mol. The number of rotatable bonds is 5. The van der Waals surface area contributed by atoms with Crippen molar-refractivity contribution in [3.05, 3.63) is 42.0 Å². The van der Waals surface area contributed by atoms with E-state index in [9.17, 15) is 14.0 Å². The quantitative estimate of drug-likeness (QED) is 0.483. The van der Waals surface area contributed by atoms with E-state index in [-0.39, 0.29) is 60.2 Å². The summed E-state index contributed by atoms with van der Waals surface area (Å²) in [6.45, 7) is 4.47. The lowest BCUT2D eigenvalue weighted by molar-refractivity contribution is -0.140. The number of pyridine rings is 1. The molecule has 3 N–H and O–H groups in total. The van der Waals surface area contributed by atoms with Crippen LogP contribution in [-0.2, 0) is 9.53 Å². The first-order valence-corrected chi connectivity index (χ1v) is 12.8. The SMILES string of the molecule is [2H]c1nc2c(C(=O)Nc3cncc(F)c3N3CCC([2H])(C(=O)N4CCN(C5COC5)CC4)CC3)c(N)nn2cc1F. The summed E-state index contributed by atoms with van der Waals surface area (Å²) in [7, 11) is 0. The van der Waals surface area contributed by atoms with Crippen LogP contribution < -0.4 is 16.0 Å². The van der Waals surface area contributed by atoms with E-state index >= 15 is 4.39 Å². The molecule has 6 rings (SSSR count). The van der Waals surface area contributed by atoms with Crippen molar-refractivity contribution < 1.29 is 25.8 Å². The molecule has 6 heterocycles. The van der Waals surface area contributed by atoms with Crippen LogP contribution in [0.5, 0.6) is 0 Å². The summed E-state index contributed by atoms with van der Waals surface area (Å²) in [5, 5.41) is 6.47. The first-order chi connectivity index (χ1) is 19.6. The van der Waals surface area contributed by atoms with Gasteiger partial charge in [0, 0.05) is 46.5 Å². The van der Waals surface area contributed by atoms with Gasteiger partial charge in [-0.15, -0.1) is 5.10 Å². The fourth-order valence-electron chi connectivity index (χ4n) is 5.29. The zero-order valence-corrected chi connectivity index (χ0v) is 21.1. The number of fused-ring (bicyclic) bond motifs is 1. The number of amides is 2. The number of hydrogen-bond acceptors (Lipinski definition) is 9. The lowest BCUT2D eigenvalue weighted by atomic mass is 9.94. The van der Waals surface area contributed by atoms with E-state index in [1.807, 2.05) is 0 Å². The molecule has 3 aromatic rings. The minimum absolute atomic E-state index is 0.0434. The van der Waals surface area contributed by atoms with Gasteiger partial charge in [-0.2, -0.15) is 0 Å². The summed E-state index contributed by atoms with van der Waals surface area (Å²) in [6, 6.07) is 0.407. The largest absolute Gasteiger partial charge is 0.381 e. The lowest BCUT2D eigenvalue weighted by Gasteiger charge is -2.43. The molecule has 0 saturated carbocycles. The van der Waals surface area contributed by atoms with Crippen LogP contribution in [0, 0.1) is 17.5 Å². The number of piperidine rings is 1. The smallest absolute Gasteiger partial charge is 0.263 e. The second-order valence-corrected chi connectivity index (χ2v) is 9.81. The normalized spacial score (nSPS) is 20.9. The van der Waals surface area contributed by atoms with Gasteiger partial charge in [0.1, 0.15) is 11.3 Å². The molecule has 2 amide bonds. The average Bonchev–Trinajstić information content (AvgIpc) is 3.23. The highest BCUT2D eigenvalue weighted by atomic mass is 19.1. The Hall–Kier alpha value is -3.91. The number of anilines is 3. The lowest BCUT2D eigenvalue weighted by Crippen LogP contribution is -2.58. The predicted octanol–water partition coefficient (Wildman–Crippen LogP) is 0.996. The standard InChI is InChI=1S/C25H29F2N9O3/c26-16-9-30-23-20(22(28)32-36(23)12-16)24(37)31-19-11-29-10-18(27)21(19)34-3-1-15(2-4-34)25(38)35-7-5-33(6-8-35)17-13-39-14-17/h9-12,15,17H,1-8,13-14H2,(H2,28,32)(H,31,37)/i9D,15D. The van der Waals surface area contributed by atoms with Crippen molar-refractivity contribution in [1.82, 2.24) is 29.4 Å². The maximum Gasteiger partial charge on any atom is 0.263 e. The van der Waals surface area contributed by atoms with Gasteiger partial charge in [0.15, 0.2) is 23.1 Å². The highest BCUT2D eigenvalue weighted by molar-refractivity contribution is 6.12. The number of nitrogens with two attached hydrogens (primary N) is 1. The van der Waals surface area contributed by atoms with Crippen molar-refractivity contribution in [3.8, 4) is 0 Å². The van der Waals surface area contributed by atoms with Crippen molar-refractivity contribution in [1.29, 1.82) is 0 Å². The topological polar surface area (TPSA) is 134 Å². The third kappa shape index (κ3) is 4.85. The van der Waals surface area contributed by atoms with Gasteiger partial charge in [-0.05, 0) is 12.8 Å². The number of aromatic nitrogens is 4. The molecule has 14 heteroatoms. The molecule has 3 aromatic heterocycles. The summed E-state index contributed by atoms with van der Waals surface area (Å²) in [5.41, 5.74) is 5.67. The molecule has 3 fully saturated rings. The molecule has 3 aliphatic rings. The first-order valence-electron chi connectivity index (χ1n) is 13.8. The summed E-state index contributed by atoms with van der Waals surface area (Å²) >= 11 is 0. The Morgan fingerprint density at radius 2 is 1.87 bits per heavy atom. The Labute approximate surface area is 225 Å². The molecule has 0 radical (unpaired) electrons. The number of hydrogen-bond donors (Lipinski definition) is 2. The second-order valence-electron chi connectivity index (χ2n) is 9.81. The molecule has 39 heavy (non-hydrogen) atoms. The molecule has 12 nitrogen and oxygen atoms in total. The number of carbonyl (C=O) groups is 2. The number of ether oxygens (including phenoxy) is 1. The predicted molar refractivity (Wildman–Crippen MR) is 137 cm³/mol. The molecular formula is C25H29F2N9O3. The maximum atomic E-state index is 15.1. The van der Waals surface area contributed by atoms with Crippen LogP contribution in [0.3, 0.4) is 0 Å². The monoisotopic (exact) mass is 543 g/mol. The molecule has 0 aromatic carbocycles. The van der Waals surface area contributed by atoms with Crippen molar-refractivity contribution in [2.45, 2.75) is 18.9 Å². The number of piperazine rings is 1. The number of carbonyl (C=O) groups excluding carboxylic acids is 2. The van der Waals surface area contributed by atoms with Gasteiger partial charge >= 0.3 is 0 Å². The second kappa shape index (κ2) is 10.3. The summed E-state index contributed by atoms with van der Waals surface area (Å²) in [6.07, 6.45) is 2.86. The summed E-state index contributed by atoms with van der Waals surface area (Å²) < 4.78 is 51.7. The zero-order chi connectivity index (χ0) is 28.9. The molecule has 3 aliphatic heterocycles. The van der Waals surface area contributed by atoms with Crippen LogP contribution in [0.2, 0.25) is 0 Å². The van der Waals surface area contributed by atoms with Gasteiger partial charge < -0.3 is 25.6 Å². The van der Waals surface area contributed by atoms with Crippen LogP contribution in [0.4, 0.5) is 26.0 Å². The summed E-state index contributed by atoms with van der Waals surface area (Å²) in [4.78, 5) is 39.9. The maximum absolute atomic E-state index is 15.1. The highest BCUT2D eigenvalue weighted by Gasteiger charge is 2.34. The third-order valence-electron chi connectivity index (χ3n) is 7.49. The summed E-state index contributed by atoms with van der Waals surface area (Å²) in [5.74, 6) is -4.21. The van der Waals surface area contributed by atoms with Crippen molar-refractivity contribution in [2.75, 3.05) is 68.4 Å². The van der Waals surface area contributed by atoms with Crippen LogP contribution in [0.25, 0.3) is 5.65 Å². The van der Waals surface area contributed by atoms with E-state index < -0.39 is 29.6 Å². The van der Waals surface area contributed by atoms with Crippen molar-refractivity contribution in [3.63, 3.8) is 0 Å². The van der Waals surface area contributed by atoms with Crippen molar-refractivity contribution in [2.24, 2.45) is 5.89 Å². The molecule has 0 atom stereocenters. The molecule has 0 aliphatic carbocycles. The fourth-order valence-corrected chi connectivity index (χ4v) is 5.29. The Bertz CT molecular complexity index is 1500. The van der Waals surface area contributed by atoms with E-state index in [0.29, 0.717) is 19.1 Å². The van der Waals surface area contributed by atoms with Crippen LogP contribution >= 0.6 is 0 Å². The zero-order valence-electron chi connectivity index (χ0n) is 23.1. The van der Waals surface area contributed by atoms with E-state index in [2.05, 4.69) is 25.3 Å². The van der Waals surface area contributed by atoms with Gasteiger partial charge in [0.05, 0.1) is 51.1 Å². The van der Waals surface area contributed by atoms with Crippen molar-refractivity contribution >= 4 is 34.7 Å². The van der Waals surface area contributed by atoms with Gasteiger partial charge in [0.25, 0.3) is 5.91 Å². The molecule has 0 bridgehead atoms. The first kappa shape index (κ1) is 23.0.